The average Bonchev–Trinajstić information content (AvgIpc) is 3.06. The Labute approximate surface area is 144 Å². The second-order valence-electron chi connectivity index (χ2n) is 5.35. The van der Waals surface area contributed by atoms with Gasteiger partial charge in [-0.15, -0.1) is 11.3 Å². The second kappa shape index (κ2) is 6.86. The van der Waals surface area contributed by atoms with E-state index in [-0.39, 0.29) is 5.82 Å². The number of hydrogen-bond donors (Lipinski definition) is 0. The predicted octanol–water partition coefficient (Wildman–Crippen LogP) is 3.05. The Hall–Kier alpha value is -0.990. The Morgan fingerprint density at radius 1 is 1.17 bits per heavy atom. The van der Waals surface area contributed by atoms with Crippen LogP contribution in [0.3, 0.4) is 0 Å². The lowest BCUT2D eigenvalue weighted by Gasteiger charge is -2.33. The van der Waals surface area contributed by atoms with Gasteiger partial charge < -0.3 is 0 Å². The summed E-state index contributed by atoms with van der Waals surface area (Å²) in [5, 5.41) is 2.17. The van der Waals surface area contributed by atoms with Gasteiger partial charge in [-0.25, -0.2) is 12.8 Å². The molecule has 1 fully saturated rings. The van der Waals surface area contributed by atoms with E-state index in [2.05, 4.69) is 4.90 Å². The maximum atomic E-state index is 13.1. The van der Waals surface area contributed by atoms with E-state index in [1.807, 2.05) is 0 Å². The molecule has 0 bridgehead atoms. The standard InChI is InChI=1S/C15H16ClFN2O2S2/c16-14-10-13(17)4-3-12(14)11-18-5-7-19(8-6-18)23(20,21)15-2-1-9-22-15/h1-4,9-10H,5-8,11H2. The first-order chi connectivity index (χ1) is 11.0. The normalized spacial score (nSPS) is 17.5. The van der Waals surface area contributed by atoms with E-state index in [9.17, 15) is 12.8 Å². The summed E-state index contributed by atoms with van der Waals surface area (Å²) < 4.78 is 39.9. The van der Waals surface area contributed by atoms with Crippen molar-refractivity contribution in [3.8, 4) is 0 Å². The molecule has 0 amide bonds. The number of benzene rings is 1. The molecule has 8 heteroatoms. The van der Waals surface area contributed by atoms with Crippen molar-refractivity contribution < 1.29 is 12.8 Å². The van der Waals surface area contributed by atoms with E-state index in [1.165, 1.54) is 27.8 Å². The fourth-order valence-electron chi connectivity index (χ4n) is 2.56. The van der Waals surface area contributed by atoms with Crippen molar-refractivity contribution in [1.82, 2.24) is 9.21 Å². The fraction of sp³-hybridized carbons (Fsp3) is 0.333. The number of nitrogens with zero attached hydrogens (tertiary/aromatic N) is 2. The lowest BCUT2D eigenvalue weighted by atomic mass is 10.2. The minimum absolute atomic E-state index is 0.356. The molecule has 124 valence electrons. The largest absolute Gasteiger partial charge is 0.296 e. The zero-order chi connectivity index (χ0) is 16.4. The Bertz CT molecular complexity index is 773. The SMILES string of the molecule is O=S(=O)(c1cccs1)N1CCN(Cc2ccc(F)cc2Cl)CC1. The monoisotopic (exact) mass is 374 g/mol. The fourth-order valence-corrected chi connectivity index (χ4v) is 5.35. The van der Waals surface area contributed by atoms with Crippen molar-refractivity contribution in [3.63, 3.8) is 0 Å². The molecule has 0 spiro atoms. The third-order valence-electron chi connectivity index (χ3n) is 3.83. The van der Waals surface area contributed by atoms with Gasteiger partial charge in [0.25, 0.3) is 10.0 Å². The van der Waals surface area contributed by atoms with Crippen LogP contribution in [0.15, 0.2) is 39.9 Å². The molecule has 3 rings (SSSR count). The van der Waals surface area contributed by atoms with Gasteiger partial charge in [0.15, 0.2) is 0 Å². The Morgan fingerprint density at radius 2 is 1.91 bits per heavy atom. The summed E-state index contributed by atoms with van der Waals surface area (Å²) in [6.07, 6.45) is 0. The second-order valence-corrected chi connectivity index (χ2v) is 8.87. The highest BCUT2D eigenvalue weighted by Crippen LogP contribution is 2.23. The zero-order valence-corrected chi connectivity index (χ0v) is 14.7. The van der Waals surface area contributed by atoms with E-state index in [1.54, 1.807) is 23.6 Å². The highest BCUT2D eigenvalue weighted by molar-refractivity contribution is 7.91. The van der Waals surface area contributed by atoms with Gasteiger partial charge in [-0.05, 0) is 29.1 Å². The van der Waals surface area contributed by atoms with Gasteiger partial charge >= 0.3 is 0 Å². The van der Waals surface area contributed by atoms with Crippen LogP contribution in [-0.4, -0.2) is 43.8 Å². The van der Waals surface area contributed by atoms with E-state index >= 15 is 0 Å². The number of rotatable bonds is 4. The van der Waals surface area contributed by atoms with Crippen molar-refractivity contribution in [3.05, 3.63) is 52.1 Å². The minimum Gasteiger partial charge on any atom is -0.296 e. The van der Waals surface area contributed by atoms with Crippen molar-refractivity contribution in [2.24, 2.45) is 0 Å². The highest BCUT2D eigenvalue weighted by atomic mass is 35.5. The number of sulfonamides is 1. The van der Waals surface area contributed by atoms with Crippen LogP contribution in [-0.2, 0) is 16.6 Å². The number of halogens is 2. The Balaban J connectivity index is 1.62. The third-order valence-corrected chi connectivity index (χ3v) is 7.45. The summed E-state index contributed by atoms with van der Waals surface area (Å²) in [6, 6.07) is 7.73. The molecule has 4 nitrogen and oxygen atoms in total. The Morgan fingerprint density at radius 3 is 2.52 bits per heavy atom. The van der Waals surface area contributed by atoms with Gasteiger partial charge in [-0.3, -0.25) is 4.90 Å². The van der Waals surface area contributed by atoms with Crippen LogP contribution < -0.4 is 0 Å². The van der Waals surface area contributed by atoms with Crippen LogP contribution in [0.1, 0.15) is 5.56 Å². The molecule has 0 aliphatic carbocycles. The maximum Gasteiger partial charge on any atom is 0.252 e. The van der Waals surface area contributed by atoms with Crippen molar-refractivity contribution in [2.45, 2.75) is 10.8 Å². The van der Waals surface area contributed by atoms with Crippen LogP contribution >= 0.6 is 22.9 Å². The van der Waals surface area contributed by atoms with Gasteiger partial charge in [-0.1, -0.05) is 23.7 Å². The summed E-state index contributed by atoms with van der Waals surface area (Å²) in [7, 11) is -3.38. The molecular formula is C15H16ClFN2O2S2. The minimum atomic E-state index is -3.38. The first kappa shape index (κ1) is 16.9. The molecule has 0 atom stereocenters. The topological polar surface area (TPSA) is 40.6 Å². The molecule has 23 heavy (non-hydrogen) atoms. The molecule has 0 saturated carbocycles. The molecule has 1 aliphatic heterocycles. The van der Waals surface area contributed by atoms with Gasteiger partial charge in [-0.2, -0.15) is 4.31 Å². The molecule has 0 unspecified atom stereocenters. The number of piperazine rings is 1. The molecule has 0 radical (unpaired) electrons. The number of hydrogen-bond acceptors (Lipinski definition) is 4. The highest BCUT2D eigenvalue weighted by Gasteiger charge is 2.29. The van der Waals surface area contributed by atoms with Crippen molar-refractivity contribution in [1.29, 1.82) is 0 Å². The van der Waals surface area contributed by atoms with E-state index in [4.69, 9.17) is 11.6 Å². The van der Waals surface area contributed by atoms with E-state index in [0.29, 0.717) is 42.0 Å². The molecular weight excluding hydrogens is 359 g/mol. The first-order valence-electron chi connectivity index (χ1n) is 7.17. The zero-order valence-electron chi connectivity index (χ0n) is 12.3. The molecule has 1 aromatic heterocycles. The number of thiophene rings is 1. The van der Waals surface area contributed by atoms with Gasteiger partial charge in [0.1, 0.15) is 10.0 Å². The smallest absolute Gasteiger partial charge is 0.252 e. The van der Waals surface area contributed by atoms with Gasteiger partial charge in [0, 0.05) is 37.7 Å². The Kier molecular flexibility index (Phi) is 5.03. The van der Waals surface area contributed by atoms with E-state index in [0.717, 1.165) is 5.56 Å². The van der Waals surface area contributed by atoms with Crippen LogP contribution in [0, 0.1) is 5.82 Å². The first-order valence-corrected chi connectivity index (χ1v) is 9.86. The third kappa shape index (κ3) is 3.75. The van der Waals surface area contributed by atoms with Crippen LogP contribution in [0.5, 0.6) is 0 Å². The molecule has 2 aromatic rings. The van der Waals surface area contributed by atoms with Gasteiger partial charge in [0.05, 0.1) is 0 Å². The average molecular weight is 375 g/mol. The lowest BCUT2D eigenvalue weighted by molar-refractivity contribution is 0.182. The summed E-state index contributed by atoms with van der Waals surface area (Å²) >= 11 is 7.28. The summed E-state index contributed by atoms with van der Waals surface area (Å²) in [6.45, 7) is 2.72. The quantitative estimate of drug-likeness (QED) is 0.825. The van der Waals surface area contributed by atoms with Gasteiger partial charge in [0.2, 0.25) is 0 Å². The molecule has 1 saturated heterocycles. The van der Waals surface area contributed by atoms with Crippen molar-refractivity contribution >= 4 is 33.0 Å². The van der Waals surface area contributed by atoms with Crippen LogP contribution in [0.4, 0.5) is 4.39 Å². The van der Waals surface area contributed by atoms with E-state index < -0.39 is 10.0 Å². The lowest BCUT2D eigenvalue weighted by Crippen LogP contribution is -2.48. The summed E-state index contributed by atoms with van der Waals surface area (Å²) in [5.74, 6) is -0.356. The maximum absolute atomic E-state index is 13.1. The summed E-state index contributed by atoms with van der Waals surface area (Å²) in [5.41, 5.74) is 0.850. The summed E-state index contributed by atoms with van der Waals surface area (Å²) in [4.78, 5) is 2.12. The predicted molar refractivity (Wildman–Crippen MR) is 89.8 cm³/mol. The van der Waals surface area contributed by atoms with Crippen molar-refractivity contribution in [2.75, 3.05) is 26.2 Å². The molecule has 1 aromatic carbocycles. The van der Waals surface area contributed by atoms with Crippen LogP contribution in [0.2, 0.25) is 5.02 Å². The van der Waals surface area contributed by atoms with Crippen LogP contribution in [0.25, 0.3) is 0 Å². The molecule has 1 aliphatic rings. The molecule has 0 N–H and O–H groups in total. The molecule has 2 heterocycles.